The second-order valence-corrected chi connectivity index (χ2v) is 7.47. The Morgan fingerprint density at radius 3 is 2.28 bits per heavy atom. The Bertz CT molecular complexity index is 788. The van der Waals surface area contributed by atoms with Gasteiger partial charge in [0.15, 0.2) is 0 Å². The van der Waals surface area contributed by atoms with Crippen molar-refractivity contribution in [3.8, 4) is 5.75 Å². The number of benzene rings is 2. The van der Waals surface area contributed by atoms with Gasteiger partial charge in [-0.2, -0.15) is 0 Å². The lowest BCUT2D eigenvalue weighted by Crippen LogP contribution is -2.27. The van der Waals surface area contributed by atoms with Gasteiger partial charge in [-0.3, -0.25) is 4.79 Å². The van der Waals surface area contributed by atoms with E-state index in [4.69, 9.17) is 4.74 Å². The lowest BCUT2D eigenvalue weighted by atomic mass is 10.3. The molecule has 0 saturated carbocycles. The molecule has 2 aromatic rings. The molecule has 0 unspecified atom stereocenters. The van der Waals surface area contributed by atoms with Crippen molar-refractivity contribution in [1.29, 1.82) is 0 Å². The third-order valence-electron chi connectivity index (χ3n) is 3.21. The van der Waals surface area contributed by atoms with Crippen molar-refractivity contribution in [2.24, 2.45) is 0 Å². The van der Waals surface area contributed by atoms with E-state index in [0.29, 0.717) is 5.69 Å². The summed E-state index contributed by atoms with van der Waals surface area (Å²) in [5, 5.41) is 2.72. The molecule has 6 nitrogen and oxygen atoms in total. The summed E-state index contributed by atoms with van der Waals surface area (Å²) >= 11 is 0. The van der Waals surface area contributed by atoms with Crippen LogP contribution in [0.25, 0.3) is 0 Å². The number of carbonyl (C=O) groups is 1. The largest absolute Gasteiger partial charge is 0.491 e. The second kappa shape index (κ2) is 8.64. The fourth-order valence-corrected chi connectivity index (χ4v) is 3.15. The molecule has 134 valence electrons. The van der Waals surface area contributed by atoms with Crippen LogP contribution in [0.5, 0.6) is 5.75 Å². The zero-order valence-electron chi connectivity index (χ0n) is 14.2. The first-order valence-corrected chi connectivity index (χ1v) is 9.46. The first-order valence-electron chi connectivity index (χ1n) is 7.98. The fraction of sp³-hybridized carbons (Fsp3) is 0.278. The minimum Gasteiger partial charge on any atom is -0.491 e. The van der Waals surface area contributed by atoms with E-state index in [1.54, 1.807) is 42.5 Å². The van der Waals surface area contributed by atoms with Gasteiger partial charge in [-0.15, -0.1) is 0 Å². The van der Waals surface area contributed by atoms with Crippen LogP contribution < -0.4 is 14.8 Å². The third-order valence-corrected chi connectivity index (χ3v) is 4.68. The summed E-state index contributed by atoms with van der Waals surface area (Å²) in [5.41, 5.74) is 0.632. The smallest absolute Gasteiger partial charge is 0.240 e. The van der Waals surface area contributed by atoms with Crippen molar-refractivity contribution < 1.29 is 17.9 Å². The Hall–Kier alpha value is -2.38. The summed E-state index contributed by atoms with van der Waals surface area (Å²) in [6.07, 6.45) is 0.120. The number of hydrogen-bond donors (Lipinski definition) is 2. The second-order valence-electron chi connectivity index (χ2n) is 5.70. The van der Waals surface area contributed by atoms with Gasteiger partial charge in [0.25, 0.3) is 0 Å². The molecular formula is C18H22N2O4S. The van der Waals surface area contributed by atoms with E-state index in [2.05, 4.69) is 10.0 Å². The van der Waals surface area contributed by atoms with Gasteiger partial charge in [-0.25, -0.2) is 13.1 Å². The SMILES string of the molecule is CC(C)Oc1ccc(NC(=O)CCNS(=O)(=O)c2ccccc2)cc1. The molecular weight excluding hydrogens is 340 g/mol. The van der Waals surface area contributed by atoms with Crippen molar-refractivity contribution >= 4 is 21.6 Å². The maximum atomic E-state index is 12.0. The lowest BCUT2D eigenvalue weighted by Gasteiger charge is -2.11. The maximum Gasteiger partial charge on any atom is 0.240 e. The Balaban J connectivity index is 1.81. The van der Waals surface area contributed by atoms with E-state index in [1.165, 1.54) is 12.1 Å². The molecule has 0 radical (unpaired) electrons. The Morgan fingerprint density at radius 1 is 1.04 bits per heavy atom. The molecule has 0 aliphatic heterocycles. The summed E-state index contributed by atoms with van der Waals surface area (Å²) in [7, 11) is -3.59. The highest BCUT2D eigenvalue weighted by atomic mass is 32.2. The number of anilines is 1. The molecule has 0 atom stereocenters. The van der Waals surface area contributed by atoms with Crippen LogP contribution in [0.1, 0.15) is 20.3 Å². The standard InChI is InChI=1S/C18H22N2O4S/c1-14(2)24-16-10-8-15(9-11-16)20-18(21)12-13-19-25(22,23)17-6-4-3-5-7-17/h3-11,14,19H,12-13H2,1-2H3,(H,20,21). The van der Waals surface area contributed by atoms with Gasteiger partial charge >= 0.3 is 0 Å². The van der Waals surface area contributed by atoms with E-state index in [0.717, 1.165) is 5.75 Å². The molecule has 7 heteroatoms. The van der Waals surface area contributed by atoms with E-state index in [-0.39, 0.29) is 29.9 Å². The maximum absolute atomic E-state index is 12.0. The van der Waals surface area contributed by atoms with Crippen LogP contribution in [-0.4, -0.2) is 27.0 Å². The topological polar surface area (TPSA) is 84.5 Å². The minimum absolute atomic E-state index is 0.0254. The van der Waals surface area contributed by atoms with E-state index >= 15 is 0 Å². The van der Waals surface area contributed by atoms with Crippen LogP contribution in [0.3, 0.4) is 0 Å². The van der Waals surface area contributed by atoms with Gasteiger partial charge in [-0.05, 0) is 50.2 Å². The summed E-state index contributed by atoms with van der Waals surface area (Å²) in [6.45, 7) is 3.90. The molecule has 0 aliphatic rings. The number of nitrogens with one attached hydrogen (secondary N) is 2. The van der Waals surface area contributed by atoms with Crippen molar-refractivity contribution in [3.63, 3.8) is 0 Å². The van der Waals surface area contributed by atoms with Crippen LogP contribution in [0.15, 0.2) is 59.5 Å². The number of carbonyl (C=O) groups excluding carboxylic acids is 1. The highest BCUT2D eigenvalue weighted by Crippen LogP contribution is 2.17. The molecule has 0 bridgehead atoms. The van der Waals surface area contributed by atoms with Crippen molar-refractivity contribution in [3.05, 3.63) is 54.6 Å². The molecule has 0 aromatic heterocycles. The predicted molar refractivity (Wildman–Crippen MR) is 97.1 cm³/mol. The zero-order valence-corrected chi connectivity index (χ0v) is 15.0. The zero-order chi connectivity index (χ0) is 18.3. The quantitative estimate of drug-likeness (QED) is 0.756. The number of amides is 1. The first kappa shape index (κ1) is 19.0. The predicted octanol–water partition coefficient (Wildman–Crippen LogP) is 2.78. The molecule has 1 amide bonds. The van der Waals surface area contributed by atoms with Crippen molar-refractivity contribution in [1.82, 2.24) is 4.72 Å². The number of sulfonamides is 1. The summed E-state index contributed by atoms with van der Waals surface area (Å²) in [5.74, 6) is 0.455. The lowest BCUT2D eigenvalue weighted by molar-refractivity contribution is -0.116. The van der Waals surface area contributed by atoms with Gasteiger partial charge in [0.1, 0.15) is 5.75 Å². The molecule has 0 saturated heterocycles. The average Bonchev–Trinajstić information content (AvgIpc) is 2.57. The van der Waals surface area contributed by atoms with Gasteiger partial charge < -0.3 is 10.1 Å². The van der Waals surface area contributed by atoms with Crippen LogP contribution >= 0.6 is 0 Å². The van der Waals surface area contributed by atoms with Crippen molar-refractivity contribution in [2.75, 3.05) is 11.9 Å². The van der Waals surface area contributed by atoms with Crippen LogP contribution in [0.4, 0.5) is 5.69 Å². The number of hydrogen-bond acceptors (Lipinski definition) is 4. The van der Waals surface area contributed by atoms with Gasteiger partial charge in [-0.1, -0.05) is 18.2 Å². The summed E-state index contributed by atoms with van der Waals surface area (Å²) < 4.78 is 32.0. The summed E-state index contributed by atoms with van der Waals surface area (Å²) in [6, 6.07) is 15.1. The van der Waals surface area contributed by atoms with Crippen LogP contribution in [0.2, 0.25) is 0 Å². The number of ether oxygens (including phenoxy) is 1. The Morgan fingerprint density at radius 2 is 1.68 bits per heavy atom. The van der Waals surface area contributed by atoms with Crippen LogP contribution in [0, 0.1) is 0 Å². The minimum atomic E-state index is -3.59. The highest BCUT2D eigenvalue weighted by molar-refractivity contribution is 7.89. The van der Waals surface area contributed by atoms with Crippen LogP contribution in [-0.2, 0) is 14.8 Å². The van der Waals surface area contributed by atoms with Gasteiger partial charge in [0.2, 0.25) is 15.9 Å². The molecule has 0 spiro atoms. The van der Waals surface area contributed by atoms with Gasteiger partial charge in [0.05, 0.1) is 11.0 Å². The first-order chi connectivity index (χ1) is 11.9. The Labute approximate surface area is 148 Å². The molecule has 0 fully saturated rings. The van der Waals surface area contributed by atoms with Gasteiger partial charge in [0, 0.05) is 18.7 Å². The normalized spacial score (nSPS) is 11.3. The van der Waals surface area contributed by atoms with Crippen molar-refractivity contribution in [2.45, 2.75) is 31.3 Å². The van der Waals surface area contributed by atoms with E-state index in [9.17, 15) is 13.2 Å². The fourth-order valence-electron chi connectivity index (χ4n) is 2.09. The molecule has 25 heavy (non-hydrogen) atoms. The molecule has 0 aliphatic carbocycles. The molecule has 2 N–H and O–H groups in total. The number of rotatable bonds is 8. The average molecular weight is 362 g/mol. The van der Waals surface area contributed by atoms with E-state index in [1.807, 2.05) is 13.8 Å². The molecule has 2 aromatic carbocycles. The third kappa shape index (κ3) is 6.21. The molecule has 2 rings (SSSR count). The molecule has 0 heterocycles. The monoisotopic (exact) mass is 362 g/mol. The Kier molecular flexibility index (Phi) is 6.55. The summed E-state index contributed by atoms with van der Waals surface area (Å²) in [4.78, 5) is 12.1. The van der Waals surface area contributed by atoms with E-state index < -0.39 is 10.0 Å². The highest BCUT2D eigenvalue weighted by Gasteiger charge is 2.13.